The molecule has 0 atom stereocenters. The van der Waals surface area contributed by atoms with E-state index in [1.807, 2.05) is 0 Å². The molecular formula is C15H34O9S2. The molecule has 26 heavy (non-hydrogen) atoms. The van der Waals surface area contributed by atoms with Crippen molar-refractivity contribution in [2.45, 2.75) is 42.0 Å². The highest BCUT2D eigenvalue weighted by Crippen LogP contribution is 1.73. The Bertz CT molecular complexity index is 469. The van der Waals surface area contributed by atoms with Crippen molar-refractivity contribution in [1.82, 2.24) is 0 Å². The molecule has 0 N–H and O–H groups in total. The highest BCUT2D eigenvalue weighted by Gasteiger charge is 1.93. The van der Waals surface area contributed by atoms with Crippen LogP contribution in [-0.2, 0) is 49.3 Å². The van der Waals surface area contributed by atoms with Crippen molar-refractivity contribution in [3.05, 3.63) is 0 Å². The molecule has 0 aromatic rings. The van der Waals surface area contributed by atoms with Crippen LogP contribution in [-0.4, -0.2) is 68.5 Å². The average Bonchev–Trinajstić information content (AvgIpc) is 2.23. The molecule has 0 amide bonds. The third-order valence-electron chi connectivity index (χ3n) is 0.575. The van der Waals surface area contributed by atoms with Crippen LogP contribution in [0.15, 0.2) is 0 Å². The average molecular weight is 423 g/mol. The van der Waals surface area contributed by atoms with Gasteiger partial charge in [-0.05, 0) is 13.8 Å². The summed E-state index contributed by atoms with van der Waals surface area (Å²) in [5, 5.41) is 0. The third kappa shape index (κ3) is 533. The molecule has 0 saturated carbocycles. The molecule has 0 heterocycles. The van der Waals surface area contributed by atoms with Gasteiger partial charge in [0.1, 0.15) is 15.6 Å². The monoisotopic (exact) mass is 422 g/mol. The van der Waals surface area contributed by atoms with Crippen LogP contribution in [0.4, 0.5) is 0 Å². The SMILES string of the molecule is C.CC(=O)OC(C)=O.CC(C)=O.COC(C)=O.CS(C)(=O)=O.CS(C)=O. The Morgan fingerprint density at radius 3 is 0.885 bits per heavy atom. The first-order valence-corrected chi connectivity index (χ1v) is 10.7. The van der Waals surface area contributed by atoms with Crippen molar-refractivity contribution in [1.29, 1.82) is 0 Å². The van der Waals surface area contributed by atoms with Gasteiger partial charge in [0, 0.05) is 56.6 Å². The van der Waals surface area contributed by atoms with Gasteiger partial charge in [-0.25, -0.2) is 8.42 Å². The number of methoxy groups -OCH3 is 1. The molecule has 0 fully saturated rings. The van der Waals surface area contributed by atoms with E-state index in [0.717, 1.165) is 12.5 Å². The molecule has 0 unspecified atom stereocenters. The lowest BCUT2D eigenvalue weighted by molar-refractivity contribution is -0.156. The van der Waals surface area contributed by atoms with E-state index in [2.05, 4.69) is 9.47 Å². The van der Waals surface area contributed by atoms with E-state index in [9.17, 15) is 31.8 Å². The highest BCUT2D eigenvalue weighted by atomic mass is 32.2. The van der Waals surface area contributed by atoms with E-state index in [4.69, 9.17) is 0 Å². The Labute approximate surface area is 160 Å². The summed E-state index contributed by atoms with van der Waals surface area (Å²) in [6, 6.07) is 0. The number of hydrogen-bond acceptors (Lipinski definition) is 9. The van der Waals surface area contributed by atoms with Crippen LogP contribution >= 0.6 is 0 Å². The molecule has 0 aromatic heterocycles. The molecule has 0 aromatic carbocycles. The van der Waals surface area contributed by atoms with Gasteiger partial charge >= 0.3 is 17.9 Å². The molecule has 0 spiro atoms. The second kappa shape index (κ2) is 25.6. The van der Waals surface area contributed by atoms with Gasteiger partial charge in [-0.2, -0.15) is 0 Å². The van der Waals surface area contributed by atoms with Crippen molar-refractivity contribution >= 4 is 44.3 Å². The molecule has 0 radical (unpaired) electrons. The molecule has 0 bridgehead atoms. The minimum Gasteiger partial charge on any atom is -0.469 e. The number of sulfone groups is 1. The number of carbonyl (C=O) groups is 4. The molecule has 0 rings (SSSR count). The van der Waals surface area contributed by atoms with E-state index in [1.54, 1.807) is 12.5 Å². The van der Waals surface area contributed by atoms with E-state index >= 15 is 0 Å². The minimum absolute atomic E-state index is 0. The lowest BCUT2D eigenvalue weighted by Gasteiger charge is -1.87. The van der Waals surface area contributed by atoms with Crippen molar-refractivity contribution in [2.75, 3.05) is 32.1 Å². The fraction of sp³-hybridized carbons (Fsp3) is 0.733. The largest absolute Gasteiger partial charge is 0.469 e. The van der Waals surface area contributed by atoms with Crippen LogP contribution in [0.1, 0.15) is 42.0 Å². The molecule has 9 nitrogen and oxygen atoms in total. The van der Waals surface area contributed by atoms with E-state index in [1.165, 1.54) is 41.7 Å². The van der Waals surface area contributed by atoms with Gasteiger partial charge in [0.25, 0.3) is 0 Å². The predicted molar refractivity (Wildman–Crippen MR) is 104 cm³/mol. The number of Topliss-reactive ketones (excluding diaryl/α,β-unsaturated/α-hetero) is 1. The molecule has 11 heteroatoms. The maximum absolute atomic E-state index is 9.81. The van der Waals surface area contributed by atoms with Gasteiger partial charge in [0.15, 0.2) is 0 Å². The highest BCUT2D eigenvalue weighted by molar-refractivity contribution is 7.89. The van der Waals surface area contributed by atoms with E-state index in [-0.39, 0.29) is 19.2 Å². The van der Waals surface area contributed by atoms with Gasteiger partial charge in [0.2, 0.25) is 0 Å². The van der Waals surface area contributed by atoms with Gasteiger partial charge in [-0.3, -0.25) is 18.6 Å². The van der Waals surface area contributed by atoms with Crippen molar-refractivity contribution < 1.29 is 41.3 Å². The first kappa shape index (κ1) is 39.4. The van der Waals surface area contributed by atoms with Crippen molar-refractivity contribution in [3.63, 3.8) is 0 Å². The molecule has 0 aliphatic carbocycles. The molecule has 0 saturated heterocycles. The Morgan fingerprint density at radius 1 is 0.769 bits per heavy atom. The lowest BCUT2D eigenvalue weighted by atomic mass is 10.6. The standard InChI is InChI=1S/C4H6O3.C3H6O2.C3H6O.C2H6O2S.C2H6OS.CH4/c1-3(5)7-4(2)6;1-3(4)5-2;1-3(2)4;1-5(2,3)4;1-4(2)3;/h1-2H3;1-2H3;1-2H3;1-2H3;1-2H3;1H4. The molecule has 160 valence electrons. The zero-order chi connectivity index (χ0) is 21.8. The maximum Gasteiger partial charge on any atom is 0.310 e. The number of hydrogen-bond donors (Lipinski definition) is 0. The van der Waals surface area contributed by atoms with E-state index < -0.39 is 32.6 Å². The Morgan fingerprint density at radius 2 is 0.885 bits per heavy atom. The smallest absolute Gasteiger partial charge is 0.310 e. The number of esters is 3. The van der Waals surface area contributed by atoms with Gasteiger partial charge in [0.05, 0.1) is 7.11 Å². The van der Waals surface area contributed by atoms with Gasteiger partial charge in [-0.15, -0.1) is 0 Å². The number of ketones is 1. The summed E-state index contributed by atoms with van der Waals surface area (Å²) in [6.45, 7) is 6.78. The van der Waals surface area contributed by atoms with Crippen LogP contribution in [0.2, 0.25) is 0 Å². The Balaban J connectivity index is -0.0000000485. The van der Waals surface area contributed by atoms with Gasteiger partial charge in [-0.1, -0.05) is 7.43 Å². The summed E-state index contributed by atoms with van der Waals surface area (Å²) in [6.07, 6.45) is 5.60. The lowest BCUT2D eigenvalue weighted by Crippen LogP contribution is -2.03. The molecule has 0 aliphatic heterocycles. The summed E-state index contributed by atoms with van der Waals surface area (Å²) in [4.78, 5) is 38.7. The quantitative estimate of drug-likeness (QED) is 0.415. The topological polar surface area (TPSA) is 138 Å². The zero-order valence-corrected chi connectivity index (χ0v) is 18.1. The van der Waals surface area contributed by atoms with Crippen molar-refractivity contribution in [3.8, 4) is 0 Å². The summed E-state index contributed by atoms with van der Waals surface area (Å²) in [7, 11) is -1.93. The number of rotatable bonds is 0. The van der Waals surface area contributed by atoms with Gasteiger partial charge < -0.3 is 14.3 Å². The second-order valence-electron chi connectivity index (χ2n) is 4.57. The Hall–Kier alpha value is -1.62. The zero-order valence-electron chi connectivity index (χ0n) is 16.5. The number of ether oxygens (including phenoxy) is 2. The van der Waals surface area contributed by atoms with Crippen LogP contribution in [0.25, 0.3) is 0 Å². The molecular weight excluding hydrogens is 388 g/mol. The summed E-state index contributed by atoms with van der Waals surface area (Å²) in [5.41, 5.74) is 0. The Kier molecular flexibility index (Phi) is 38.9. The maximum atomic E-state index is 9.81. The summed E-state index contributed by atoms with van der Waals surface area (Å²) >= 11 is 0. The first-order chi connectivity index (χ1) is 10.9. The second-order valence-corrected chi connectivity index (χ2v) is 8.34. The van der Waals surface area contributed by atoms with Crippen LogP contribution in [0.3, 0.4) is 0 Å². The van der Waals surface area contributed by atoms with E-state index in [0.29, 0.717) is 0 Å². The normalized spacial score (nSPS) is 7.96. The fourth-order valence-corrected chi connectivity index (χ4v) is 0.202. The van der Waals surface area contributed by atoms with Crippen molar-refractivity contribution in [2.24, 2.45) is 0 Å². The predicted octanol–water partition coefficient (Wildman–Crippen LogP) is 1.16. The fourth-order valence-electron chi connectivity index (χ4n) is 0.202. The van der Waals surface area contributed by atoms with Crippen LogP contribution in [0.5, 0.6) is 0 Å². The third-order valence-corrected chi connectivity index (χ3v) is 0.575. The summed E-state index contributed by atoms with van der Waals surface area (Å²) in [5.74, 6) is -1.20. The first-order valence-electron chi connectivity index (χ1n) is 6.47. The molecule has 0 aliphatic rings. The summed E-state index contributed by atoms with van der Waals surface area (Å²) < 4.78 is 36.9. The van der Waals surface area contributed by atoms with Crippen LogP contribution in [0, 0.1) is 0 Å². The minimum atomic E-state index is -2.67. The number of carbonyl (C=O) groups excluding carboxylic acids is 4. The van der Waals surface area contributed by atoms with Crippen LogP contribution < -0.4 is 0 Å².